The lowest BCUT2D eigenvalue weighted by atomic mass is 9.95. The predicted octanol–water partition coefficient (Wildman–Crippen LogP) is 3.80. The van der Waals surface area contributed by atoms with Gasteiger partial charge in [-0.1, -0.05) is 32.0 Å². The molecule has 1 aromatic rings. The fourth-order valence-corrected chi connectivity index (χ4v) is 1.86. The summed E-state index contributed by atoms with van der Waals surface area (Å²) in [4.78, 5) is 0. The SMILES string of the molecule is CC(C)CC[C@@H](O)[C@@H](N)c1ccccc1OC(F)(F)F.Cl. The van der Waals surface area contributed by atoms with Crippen molar-refractivity contribution in [2.45, 2.75) is 45.2 Å². The van der Waals surface area contributed by atoms with Gasteiger partial charge in [0.15, 0.2) is 0 Å². The molecule has 2 atom stereocenters. The summed E-state index contributed by atoms with van der Waals surface area (Å²) in [7, 11) is 0. The fourth-order valence-electron chi connectivity index (χ4n) is 1.86. The van der Waals surface area contributed by atoms with E-state index in [1.807, 2.05) is 13.8 Å². The molecule has 0 amide bonds. The van der Waals surface area contributed by atoms with Crippen molar-refractivity contribution < 1.29 is 23.0 Å². The standard InChI is InChI=1S/C14H20F3NO2.ClH/c1-9(2)7-8-11(19)13(18)10-5-3-4-6-12(10)20-14(15,16)17;/h3-6,9,11,13,19H,7-8,18H2,1-2H3;1H/t11-,13+;/m1./s1. The first-order chi connectivity index (χ1) is 9.20. The van der Waals surface area contributed by atoms with E-state index in [1.165, 1.54) is 18.2 Å². The second-order valence-electron chi connectivity index (χ2n) is 5.15. The predicted molar refractivity (Wildman–Crippen MR) is 77.4 cm³/mol. The maximum atomic E-state index is 12.3. The van der Waals surface area contributed by atoms with E-state index in [1.54, 1.807) is 6.07 Å². The minimum atomic E-state index is -4.78. The zero-order valence-electron chi connectivity index (χ0n) is 11.9. The molecule has 3 nitrogen and oxygen atoms in total. The number of rotatable bonds is 6. The normalized spacial score (nSPS) is 14.5. The highest BCUT2D eigenvalue weighted by molar-refractivity contribution is 5.85. The van der Waals surface area contributed by atoms with Crippen LogP contribution in [0.15, 0.2) is 24.3 Å². The average Bonchev–Trinajstić information content (AvgIpc) is 2.33. The second kappa shape index (κ2) is 8.46. The molecule has 0 aromatic heterocycles. The van der Waals surface area contributed by atoms with Crippen LogP contribution in [0.1, 0.15) is 38.3 Å². The number of aliphatic hydroxyl groups excluding tert-OH is 1. The Morgan fingerprint density at radius 1 is 1.19 bits per heavy atom. The third-order valence-corrected chi connectivity index (χ3v) is 2.96. The number of hydrogen-bond acceptors (Lipinski definition) is 3. The summed E-state index contributed by atoms with van der Waals surface area (Å²) < 4.78 is 40.9. The highest BCUT2D eigenvalue weighted by Gasteiger charge is 2.33. The Morgan fingerprint density at radius 3 is 2.29 bits per heavy atom. The largest absolute Gasteiger partial charge is 0.573 e. The van der Waals surface area contributed by atoms with Gasteiger partial charge in [-0.3, -0.25) is 0 Å². The quantitative estimate of drug-likeness (QED) is 0.835. The van der Waals surface area contributed by atoms with Gasteiger partial charge in [0, 0.05) is 5.56 Å². The lowest BCUT2D eigenvalue weighted by Crippen LogP contribution is -2.28. The van der Waals surface area contributed by atoms with Gasteiger partial charge in [0.1, 0.15) is 5.75 Å². The molecule has 0 aliphatic carbocycles. The Kier molecular flexibility index (Phi) is 8.06. The van der Waals surface area contributed by atoms with Gasteiger partial charge in [-0.15, -0.1) is 25.6 Å². The van der Waals surface area contributed by atoms with Gasteiger partial charge < -0.3 is 15.6 Å². The molecule has 7 heteroatoms. The van der Waals surface area contributed by atoms with Crippen LogP contribution in [0, 0.1) is 5.92 Å². The van der Waals surface area contributed by atoms with Crippen molar-refractivity contribution in [3.8, 4) is 5.75 Å². The molecule has 1 rings (SSSR count). The van der Waals surface area contributed by atoms with Crippen LogP contribution < -0.4 is 10.5 Å². The summed E-state index contributed by atoms with van der Waals surface area (Å²) in [5.74, 6) is 0.0228. The van der Waals surface area contributed by atoms with E-state index in [9.17, 15) is 18.3 Å². The summed E-state index contributed by atoms with van der Waals surface area (Å²) in [5.41, 5.74) is 6.00. The van der Waals surface area contributed by atoms with E-state index in [-0.39, 0.29) is 23.7 Å². The lowest BCUT2D eigenvalue weighted by molar-refractivity contribution is -0.275. The van der Waals surface area contributed by atoms with Crippen LogP contribution in [0.25, 0.3) is 0 Å². The van der Waals surface area contributed by atoms with Gasteiger partial charge >= 0.3 is 6.36 Å². The zero-order valence-corrected chi connectivity index (χ0v) is 12.7. The Hall–Kier alpha value is -0.980. The van der Waals surface area contributed by atoms with Crippen LogP contribution in [0.3, 0.4) is 0 Å². The first-order valence-electron chi connectivity index (χ1n) is 6.49. The molecule has 0 radical (unpaired) electrons. The highest BCUT2D eigenvalue weighted by atomic mass is 35.5. The molecule has 21 heavy (non-hydrogen) atoms. The topological polar surface area (TPSA) is 55.5 Å². The maximum absolute atomic E-state index is 12.3. The van der Waals surface area contributed by atoms with Crippen LogP contribution in [0.5, 0.6) is 5.75 Å². The number of para-hydroxylation sites is 1. The number of halogens is 4. The second-order valence-corrected chi connectivity index (χ2v) is 5.15. The van der Waals surface area contributed by atoms with Crippen molar-refractivity contribution in [2.24, 2.45) is 11.7 Å². The summed E-state index contributed by atoms with van der Waals surface area (Å²) in [6.45, 7) is 4.00. The molecule has 0 bridgehead atoms. The molecule has 0 aliphatic heterocycles. The highest BCUT2D eigenvalue weighted by Crippen LogP contribution is 2.31. The fraction of sp³-hybridized carbons (Fsp3) is 0.571. The molecule has 0 heterocycles. The number of alkyl halides is 3. The molecule has 0 aliphatic rings. The van der Waals surface area contributed by atoms with Gasteiger partial charge in [0.25, 0.3) is 0 Å². The monoisotopic (exact) mass is 327 g/mol. The first-order valence-corrected chi connectivity index (χ1v) is 6.49. The van der Waals surface area contributed by atoms with E-state index >= 15 is 0 Å². The number of benzene rings is 1. The minimum Gasteiger partial charge on any atom is -0.405 e. The van der Waals surface area contributed by atoms with E-state index in [2.05, 4.69) is 4.74 Å². The van der Waals surface area contributed by atoms with Gasteiger partial charge in [0.2, 0.25) is 0 Å². The first kappa shape index (κ1) is 20.0. The minimum absolute atomic E-state index is 0. The van der Waals surface area contributed by atoms with E-state index in [0.717, 1.165) is 6.42 Å². The number of aliphatic hydroxyl groups is 1. The van der Waals surface area contributed by atoms with Crippen LogP contribution in [0.4, 0.5) is 13.2 Å². The summed E-state index contributed by atoms with van der Waals surface area (Å²) >= 11 is 0. The smallest absolute Gasteiger partial charge is 0.405 e. The zero-order chi connectivity index (χ0) is 15.3. The van der Waals surface area contributed by atoms with Crippen molar-refractivity contribution in [3.05, 3.63) is 29.8 Å². The van der Waals surface area contributed by atoms with E-state index in [0.29, 0.717) is 12.3 Å². The molecule has 122 valence electrons. The Bertz CT molecular complexity index is 427. The van der Waals surface area contributed by atoms with Gasteiger partial charge in [-0.2, -0.15) is 0 Å². The van der Waals surface area contributed by atoms with Crippen molar-refractivity contribution in [1.82, 2.24) is 0 Å². The summed E-state index contributed by atoms with van der Waals surface area (Å²) in [6, 6.07) is 4.71. The molecule has 0 saturated carbocycles. The third kappa shape index (κ3) is 7.02. The Morgan fingerprint density at radius 2 is 1.76 bits per heavy atom. The summed E-state index contributed by atoms with van der Waals surface area (Å²) in [6.07, 6.45) is -4.51. The van der Waals surface area contributed by atoms with Gasteiger partial charge in [-0.25, -0.2) is 0 Å². The van der Waals surface area contributed by atoms with Gasteiger partial charge in [-0.05, 0) is 24.8 Å². The van der Waals surface area contributed by atoms with Crippen LogP contribution >= 0.6 is 12.4 Å². The third-order valence-electron chi connectivity index (χ3n) is 2.96. The number of nitrogens with two attached hydrogens (primary N) is 1. The van der Waals surface area contributed by atoms with Crippen LogP contribution in [0.2, 0.25) is 0 Å². The van der Waals surface area contributed by atoms with Crippen molar-refractivity contribution in [3.63, 3.8) is 0 Å². The molecule has 1 aromatic carbocycles. The Labute approximate surface area is 128 Å². The van der Waals surface area contributed by atoms with Gasteiger partial charge in [0.05, 0.1) is 12.1 Å². The summed E-state index contributed by atoms with van der Waals surface area (Å²) in [5, 5.41) is 9.98. The molecular weight excluding hydrogens is 307 g/mol. The molecule has 0 spiro atoms. The van der Waals surface area contributed by atoms with Crippen molar-refractivity contribution in [2.75, 3.05) is 0 Å². The van der Waals surface area contributed by atoms with Crippen LogP contribution in [-0.4, -0.2) is 17.6 Å². The Balaban J connectivity index is 0.00000400. The van der Waals surface area contributed by atoms with E-state index < -0.39 is 18.5 Å². The number of ether oxygens (including phenoxy) is 1. The van der Waals surface area contributed by atoms with Crippen molar-refractivity contribution in [1.29, 1.82) is 0 Å². The van der Waals surface area contributed by atoms with Crippen LogP contribution in [-0.2, 0) is 0 Å². The molecule has 3 N–H and O–H groups in total. The lowest BCUT2D eigenvalue weighted by Gasteiger charge is -2.22. The molecule has 0 unspecified atom stereocenters. The maximum Gasteiger partial charge on any atom is 0.573 e. The van der Waals surface area contributed by atoms with E-state index in [4.69, 9.17) is 5.73 Å². The number of hydrogen-bond donors (Lipinski definition) is 2. The average molecular weight is 328 g/mol. The molecule has 0 saturated heterocycles. The molecular formula is C14H21ClF3NO2. The molecule has 0 fully saturated rings. The van der Waals surface area contributed by atoms with Crippen molar-refractivity contribution >= 4 is 12.4 Å².